The van der Waals surface area contributed by atoms with Gasteiger partial charge in [-0.15, -0.1) is 0 Å². The van der Waals surface area contributed by atoms with Crippen molar-refractivity contribution >= 4 is 22.7 Å². The zero-order chi connectivity index (χ0) is 17.9. The lowest BCUT2D eigenvalue weighted by Gasteiger charge is -2.40. The molecule has 0 radical (unpaired) electrons. The third-order valence-electron chi connectivity index (χ3n) is 6.17. The average molecular weight is 349 g/mol. The second-order valence-electron chi connectivity index (χ2n) is 7.69. The highest BCUT2D eigenvalue weighted by Gasteiger charge is 2.43. The summed E-state index contributed by atoms with van der Waals surface area (Å²) in [6.07, 6.45) is 4.03. The van der Waals surface area contributed by atoms with Crippen molar-refractivity contribution in [2.75, 3.05) is 36.5 Å². The Labute approximate surface area is 152 Å². The number of fused-ring (bicyclic) bond motifs is 3. The molecule has 1 fully saturated rings. The lowest BCUT2D eigenvalue weighted by molar-refractivity contribution is 0.351. The molecule has 1 saturated heterocycles. The number of hydrogen-bond acceptors (Lipinski definition) is 4. The summed E-state index contributed by atoms with van der Waals surface area (Å²) in [7, 11) is 4.11. The van der Waals surface area contributed by atoms with Crippen LogP contribution in [0.2, 0.25) is 0 Å². The number of likely N-dealkylation sites (N-methyl/N-ethyl adjacent to an activating group) is 1. The third-order valence-corrected chi connectivity index (χ3v) is 6.17. The molecule has 134 valence electrons. The van der Waals surface area contributed by atoms with Gasteiger partial charge in [0.2, 0.25) is 5.95 Å². The molecule has 2 aromatic heterocycles. The topological polar surface area (TPSA) is 57.2 Å². The van der Waals surface area contributed by atoms with Crippen molar-refractivity contribution in [3.63, 3.8) is 0 Å². The lowest BCUT2D eigenvalue weighted by Crippen LogP contribution is -2.45. The molecule has 1 spiro atoms. The van der Waals surface area contributed by atoms with E-state index in [2.05, 4.69) is 46.1 Å². The molecule has 0 aliphatic carbocycles. The minimum atomic E-state index is -0.0585. The van der Waals surface area contributed by atoms with E-state index in [4.69, 9.17) is 4.98 Å². The van der Waals surface area contributed by atoms with E-state index in [0.29, 0.717) is 11.3 Å². The number of aromatic nitrogens is 3. The summed E-state index contributed by atoms with van der Waals surface area (Å²) in [5.74, 6) is 0.693. The second-order valence-corrected chi connectivity index (χ2v) is 7.69. The molecule has 6 heteroatoms. The molecule has 1 N–H and O–H groups in total. The van der Waals surface area contributed by atoms with Gasteiger partial charge in [0.25, 0.3) is 5.56 Å². The van der Waals surface area contributed by atoms with Crippen LogP contribution in [0, 0.1) is 0 Å². The predicted molar refractivity (Wildman–Crippen MR) is 104 cm³/mol. The molecule has 0 saturated carbocycles. The van der Waals surface area contributed by atoms with Gasteiger partial charge in [-0.2, -0.15) is 4.98 Å². The molecule has 0 atom stereocenters. The number of rotatable bonds is 1. The van der Waals surface area contributed by atoms with Crippen LogP contribution < -0.4 is 15.4 Å². The number of para-hydroxylation sites is 1. The van der Waals surface area contributed by atoms with Crippen LogP contribution >= 0.6 is 0 Å². The van der Waals surface area contributed by atoms with Crippen LogP contribution in [-0.2, 0) is 12.5 Å². The molecule has 1 aromatic carbocycles. The van der Waals surface area contributed by atoms with E-state index in [0.717, 1.165) is 38.1 Å². The predicted octanol–water partition coefficient (Wildman–Crippen LogP) is 2.25. The number of nitrogens with one attached hydrogen (secondary N) is 1. The van der Waals surface area contributed by atoms with Gasteiger partial charge in [0.05, 0.1) is 5.39 Å². The molecule has 0 unspecified atom stereocenters. The summed E-state index contributed by atoms with van der Waals surface area (Å²) in [5, 5.41) is 0.649. The maximum atomic E-state index is 12.4. The van der Waals surface area contributed by atoms with Crippen molar-refractivity contribution in [3.8, 4) is 0 Å². The SMILES string of the molecule is CN1CC2(CCN(c3nc4c(ccn4C)c(=O)[nH]3)CC2)c2ccccc21. The van der Waals surface area contributed by atoms with Crippen LogP contribution in [-0.4, -0.2) is 41.2 Å². The number of anilines is 2. The monoisotopic (exact) mass is 349 g/mol. The number of nitrogens with zero attached hydrogens (tertiary/aromatic N) is 4. The fourth-order valence-electron chi connectivity index (χ4n) is 4.74. The summed E-state index contributed by atoms with van der Waals surface area (Å²) >= 11 is 0. The number of hydrogen-bond donors (Lipinski definition) is 1. The van der Waals surface area contributed by atoms with Crippen LogP contribution in [0.4, 0.5) is 11.6 Å². The number of benzene rings is 1. The molecule has 26 heavy (non-hydrogen) atoms. The Kier molecular flexibility index (Phi) is 3.20. The van der Waals surface area contributed by atoms with Gasteiger partial charge in [-0.05, 0) is 30.5 Å². The Morgan fingerprint density at radius 1 is 1.12 bits per heavy atom. The van der Waals surface area contributed by atoms with Gasteiger partial charge in [-0.3, -0.25) is 9.78 Å². The Hall–Kier alpha value is -2.76. The fourth-order valence-corrected chi connectivity index (χ4v) is 4.74. The molecule has 4 heterocycles. The Morgan fingerprint density at radius 3 is 2.69 bits per heavy atom. The van der Waals surface area contributed by atoms with E-state index in [1.54, 1.807) is 0 Å². The van der Waals surface area contributed by atoms with E-state index in [1.165, 1.54) is 11.3 Å². The van der Waals surface area contributed by atoms with Crippen LogP contribution in [0.1, 0.15) is 18.4 Å². The average Bonchev–Trinajstić information content (AvgIpc) is 3.15. The molecular formula is C20H23N5O. The third kappa shape index (κ3) is 2.11. The number of piperidine rings is 1. The number of H-pyrrole nitrogens is 1. The van der Waals surface area contributed by atoms with Gasteiger partial charge in [0.1, 0.15) is 5.65 Å². The van der Waals surface area contributed by atoms with E-state index < -0.39 is 0 Å². The van der Waals surface area contributed by atoms with Gasteiger partial charge in [0.15, 0.2) is 0 Å². The maximum absolute atomic E-state index is 12.4. The highest BCUT2D eigenvalue weighted by molar-refractivity contribution is 5.76. The van der Waals surface area contributed by atoms with E-state index in [-0.39, 0.29) is 11.0 Å². The van der Waals surface area contributed by atoms with Gasteiger partial charge in [-0.1, -0.05) is 18.2 Å². The zero-order valence-electron chi connectivity index (χ0n) is 15.2. The molecule has 0 bridgehead atoms. The minimum absolute atomic E-state index is 0.0585. The second kappa shape index (κ2) is 5.37. The lowest BCUT2D eigenvalue weighted by atomic mass is 9.74. The zero-order valence-corrected chi connectivity index (χ0v) is 15.2. The first-order valence-corrected chi connectivity index (χ1v) is 9.18. The van der Waals surface area contributed by atoms with Gasteiger partial charge in [0, 0.05) is 51.0 Å². The summed E-state index contributed by atoms with van der Waals surface area (Å²) in [5.41, 5.74) is 3.74. The first-order valence-electron chi connectivity index (χ1n) is 9.18. The maximum Gasteiger partial charge on any atom is 0.261 e. The van der Waals surface area contributed by atoms with Crippen LogP contribution in [0.3, 0.4) is 0 Å². The highest BCUT2D eigenvalue weighted by Crippen LogP contribution is 2.46. The largest absolute Gasteiger partial charge is 0.373 e. The van der Waals surface area contributed by atoms with Crippen molar-refractivity contribution in [2.24, 2.45) is 7.05 Å². The van der Waals surface area contributed by atoms with E-state index in [1.807, 2.05) is 23.9 Å². The fraction of sp³-hybridized carbons (Fsp3) is 0.400. The van der Waals surface area contributed by atoms with Crippen LogP contribution in [0.5, 0.6) is 0 Å². The Balaban J connectivity index is 1.45. The normalized spacial score (nSPS) is 18.7. The molecular weight excluding hydrogens is 326 g/mol. The molecule has 0 amide bonds. The first-order chi connectivity index (χ1) is 12.6. The summed E-state index contributed by atoms with van der Waals surface area (Å²) in [6.45, 7) is 2.88. The summed E-state index contributed by atoms with van der Waals surface area (Å²) in [4.78, 5) is 24.7. The first kappa shape index (κ1) is 15.5. The van der Waals surface area contributed by atoms with Crippen LogP contribution in [0.25, 0.3) is 11.0 Å². The van der Waals surface area contributed by atoms with Gasteiger partial charge < -0.3 is 14.4 Å². The van der Waals surface area contributed by atoms with Crippen molar-refractivity contribution in [1.29, 1.82) is 0 Å². The molecule has 6 nitrogen and oxygen atoms in total. The molecule has 2 aliphatic rings. The van der Waals surface area contributed by atoms with Gasteiger partial charge >= 0.3 is 0 Å². The quantitative estimate of drug-likeness (QED) is 0.732. The van der Waals surface area contributed by atoms with Crippen molar-refractivity contribution < 1.29 is 0 Å². The van der Waals surface area contributed by atoms with E-state index in [9.17, 15) is 4.79 Å². The van der Waals surface area contributed by atoms with E-state index >= 15 is 0 Å². The summed E-state index contributed by atoms with van der Waals surface area (Å²) < 4.78 is 1.90. The highest BCUT2D eigenvalue weighted by atomic mass is 16.1. The Morgan fingerprint density at radius 2 is 1.88 bits per heavy atom. The minimum Gasteiger partial charge on any atom is -0.373 e. The smallest absolute Gasteiger partial charge is 0.261 e. The van der Waals surface area contributed by atoms with Crippen molar-refractivity contribution in [1.82, 2.24) is 14.5 Å². The summed E-state index contributed by atoms with van der Waals surface area (Å²) in [6, 6.07) is 10.6. The number of aromatic amines is 1. The molecule has 5 rings (SSSR count). The number of aryl methyl sites for hydroxylation is 1. The Bertz CT molecular complexity index is 1040. The molecule has 3 aromatic rings. The molecule has 2 aliphatic heterocycles. The standard InChI is InChI=1S/C20H23N5O/c1-23-10-7-14-17(23)21-19(22-18(14)26)25-11-8-20(9-12-25)13-24(2)16-6-4-3-5-15(16)20/h3-7,10H,8-9,11-13H2,1-2H3,(H,21,22,26). The van der Waals surface area contributed by atoms with Crippen LogP contribution in [0.15, 0.2) is 41.3 Å². The van der Waals surface area contributed by atoms with Gasteiger partial charge in [-0.25, -0.2) is 0 Å². The van der Waals surface area contributed by atoms with Crippen molar-refractivity contribution in [3.05, 3.63) is 52.4 Å². The van der Waals surface area contributed by atoms with Crippen molar-refractivity contribution in [2.45, 2.75) is 18.3 Å².